The van der Waals surface area contributed by atoms with Crippen LogP contribution >= 0.6 is 0 Å². The van der Waals surface area contributed by atoms with E-state index >= 15 is 0 Å². The van der Waals surface area contributed by atoms with Gasteiger partial charge in [-0.1, -0.05) is 13.8 Å². The monoisotopic (exact) mass is 226 g/mol. The molecule has 0 aromatic carbocycles. The Kier molecular flexibility index (Phi) is 4.42. The van der Waals surface area contributed by atoms with Crippen molar-refractivity contribution in [1.29, 1.82) is 0 Å². The minimum Gasteiger partial charge on any atom is -0.468 e. The van der Waals surface area contributed by atoms with Crippen molar-refractivity contribution in [3.05, 3.63) is 11.6 Å². The molecule has 1 aromatic heterocycles. The van der Waals surface area contributed by atoms with Gasteiger partial charge in [0, 0.05) is 12.8 Å². The number of esters is 1. The smallest absolute Gasteiger partial charge is 0.324 e. The molecular weight excluding hydrogens is 208 g/mol. The molecule has 0 aliphatic rings. The fourth-order valence-electron chi connectivity index (χ4n) is 1.40. The first kappa shape index (κ1) is 12.6. The summed E-state index contributed by atoms with van der Waals surface area (Å²) in [6, 6.07) is -0.693. The van der Waals surface area contributed by atoms with Crippen molar-refractivity contribution in [2.75, 3.05) is 7.11 Å². The highest BCUT2D eigenvalue weighted by Gasteiger charge is 2.17. The highest BCUT2D eigenvalue weighted by atomic mass is 16.5. The lowest BCUT2D eigenvalue weighted by Crippen LogP contribution is -2.36. The second kappa shape index (κ2) is 5.60. The zero-order chi connectivity index (χ0) is 12.1. The molecule has 90 valence electrons. The Bertz CT molecular complexity index is 362. The molecule has 6 heteroatoms. The first-order chi connectivity index (χ1) is 7.62. The molecule has 0 fully saturated rings. The number of hydrogen-bond donors (Lipinski definition) is 1. The van der Waals surface area contributed by atoms with Crippen LogP contribution in [0.5, 0.6) is 0 Å². The van der Waals surface area contributed by atoms with Crippen molar-refractivity contribution in [2.45, 2.75) is 39.3 Å². The number of hydrogen-bond acceptors (Lipinski definition) is 5. The molecule has 1 heterocycles. The predicted octanol–water partition coefficient (Wildman–Crippen LogP) is -0.0968. The van der Waals surface area contributed by atoms with E-state index in [-0.39, 0.29) is 0 Å². The average Bonchev–Trinajstić information content (AvgIpc) is 2.70. The SMILES string of the molecule is CCc1nc(CC)n(CC(N)C(=O)OC)n1. The number of nitrogens with zero attached hydrogens (tertiary/aromatic N) is 3. The molecule has 16 heavy (non-hydrogen) atoms. The Morgan fingerprint density at radius 2 is 2.19 bits per heavy atom. The topological polar surface area (TPSA) is 83.0 Å². The van der Waals surface area contributed by atoms with E-state index in [4.69, 9.17) is 5.73 Å². The molecule has 1 unspecified atom stereocenters. The minimum absolute atomic E-state index is 0.308. The van der Waals surface area contributed by atoms with Crippen molar-refractivity contribution >= 4 is 5.97 Å². The molecule has 0 amide bonds. The van der Waals surface area contributed by atoms with E-state index < -0.39 is 12.0 Å². The van der Waals surface area contributed by atoms with Gasteiger partial charge in [-0.15, -0.1) is 0 Å². The van der Waals surface area contributed by atoms with Crippen molar-refractivity contribution < 1.29 is 9.53 Å². The third kappa shape index (κ3) is 2.79. The lowest BCUT2D eigenvalue weighted by molar-refractivity contribution is -0.142. The van der Waals surface area contributed by atoms with Crippen LogP contribution in [0.3, 0.4) is 0 Å². The van der Waals surface area contributed by atoms with E-state index in [0.29, 0.717) is 6.54 Å². The molecular formula is C10H18N4O2. The maximum Gasteiger partial charge on any atom is 0.324 e. The van der Waals surface area contributed by atoms with Gasteiger partial charge in [0.25, 0.3) is 0 Å². The first-order valence-corrected chi connectivity index (χ1v) is 5.38. The standard InChI is InChI=1S/C10H18N4O2/c1-4-8-12-9(5-2)14(13-8)6-7(11)10(15)16-3/h7H,4-6,11H2,1-3H3. The number of nitrogens with two attached hydrogens (primary N) is 1. The largest absolute Gasteiger partial charge is 0.468 e. The van der Waals surface area contributed by atoms with Crippen molar-refractivity contribution in [1.82, 2.24) is 14.8 Å². The van der Waals surface area contributed by atoms with Gasteiger partial charge >= 0.3 is 5.97 Å². The molecule has 0 saturated carbocycles. The summed E-state index contributed by atoms with van der Waals surface area (Å²) in [5.74, 6) is 1.18. The summed E-state index contributed by atoms with van der Waals surface area (Å²) in [5, 5.41) is 4.27. The quantitative estimate of drug-likeness (QED) is 0.709. The van der Waals surface area contributed by atoms with E-state index in [9.17, 15) is 4.79 Å². The lowest BCUT2D eigenvalue weighted by Gasteiger charge is -2.10. The highest BCUT2D eigenvalue weighted by Crippen LogP contribution is 2.02. The van der Waals surface area contributed by atoms with Gasteiger partial charge in [0.2, 0.25) is 0 Å². The van der Waals surface area contributed by atoms with Crippen LogP contribution in [0.1, 0.15) is 25.5 Å². The Balaban J connectivity index is 2.79. The summed E-state index contributed by atoms with van der Waals surface area (Å²) in [7, 11) is 1.32. The molecule has 0 bridgehead atoms. The van der Waals surface area contributed by atoms with E-state index in [0.717, 1.165) is 24.5 Å². The van der Waals surface area contributed by atoms with Crippen LogP contribution < -0.4 is 5.73 Å². The van der Waals surface area contributed by atoms with E-state index in [1.165, 1.54) is 7.11 Å². The van der Waals surface area contributed by atoms with Gasteiger partial charge in [0.1, 0.15) is 11.9 Å². The van der Waals surface area contributed by atoms with Gasteiger partial charge in [-0.05, 0) is 0 Å². The van der Waals surface area contributed by atoms with E-state index in [2.05, 4.69) is 14.8 Å². The number of carbonyl (C=O) groups excluding carboxylic acids is 1. The average molecular weight is 226 g/mol. The van der Waals surface area contributed by atoms with Crippen LogP contribution in [0, 0.1) is 0 Å². The third-order valence-corrected chi connectivity index (χ3v) is 2.30. The molecule has 0 aliphatic heterocycles. The normalized spacial score (nSPS) is 12.5. The van der Waals surface area contributed by atoms with Gasteiger partial charge < -0.3 is 10.5 Å². The second-order valence-corrected chi connectivity index (χ2v) is 3.46. The van der Waals surface area contributed by atoms with Gasteiger partial charge in [0.15, 0.2) is 5.82 Å². The van der Waals surface area contributed by atoms with E-state index in [1.807, 2.05) is 13.8 Å². The number of rotatable bonds is 5. The molecule has 1 rings (SSSR count). The third-order valence-electron chi connectivity index (χ3n) is 2.30. The number of aromatic nitrogens is 3. The van der Waals surface area contributed by atoms with Crippen molar-refractivity contribution in [2.24, 2.45) is 5.73 Å². The number of carbonyl (C=O) groups is 1. The van der Waals surface area contributed by atoms with Crippen LogP contribution in [-0.2, 0) is 28.9 Å². The Morgan fingerprint density at radius 3 is 2.69 bits per heavy atom. The van der Waals surface area contributed by atoms with Gasteiger partial charge in [-0.3, -0.25) is 4.79 Å². The second-order valence-electron chi connectivity index (χ2n) is 3.46. The number of ether oxygens (including phenoxy) is 1. The summed E-state index contributed by atoms with van der Waals surface area (Å²) in [6.07, 6.45) is 1.54. The zero-order valence-corrected chi connectivity index (χ0v) is 9.93. The molecule has 6 nitrogen and oxygen atoms in total. The molecule has 1 atom stereocenters. The number of methoxy groups -OCH3 is 1. The van der Waals surface area contributed by atoms with Gasteiger partial charge in [-0.25, -0.2) is 9.67 Å². The van der Waals surface area contributed by atoms with Crippen LogP contribution in [-0.4, -0.2) is 33.9 Å². The Labute approximate surface area is 94.8 Å². The number of aryl methyl sites for hydroxylation is 2. The Morgan fingerprint density at radius 1 is 1.50 bits per heavy atom. The van der Waals surface area contributed by atoms with Crippen LogP contribution in [0.4, 0.5) is 0 Å². The maximum absolute atomic E-state index is 11.2. The summed E-state index contributed by atoms with van der Waals surface area (Å²) in [6.45, 7) is 4.28. The summed E-state index contributed by atoms with van der Waals surface area (Å²) in [4.78, 5) is 15.5. The van der Waals surface area contributed by atoms with Gasteiger partial charge in [-0.2, -0.15) is 5.10 Å². The maximum atomic E-state index is 11.2. The highest BCUT2D eigenvalue weighted by molar-refractivity contribution is 5.75. The zero-order valence-electron chi connectivity index (χ0n) is 9.93. The predicted molar refractivity (Wildman–Crippen MR) is 58.8 cm³/mol. The lowest BCUT2D eigenvalue weighted by atomic mass is 10.3. The molecule has 2 N–H and O–H groups in total. The van der Waals surface area contributed by atoms with Crippen LogP contribution in [0.15, 0.2) is 0 Å². The molecule has 0 spiro atoms. The molecule has 0 radical (unpaired) electrons. The Hall–Kier alpha value is -1.43. The fraction of sp³-hybridized carbons (Fsp3) is 0.700. The fourth-order valence-corrected chi connectivity index (χ4v) is 1.40. The molecule has 0 aliphatic carbocycles. The first-order valence-electron chi connectivity index (χ1n) is 5.38. The summed E-state index contributed by atoms with van der Waals surface area (Å²) < 4.78 is 6.25. The minimum atomic E-state index is -0.693. The van der Waals surface area contributed by atoms with Crippen LogP contribution in [0.25, 0.3) is 0 Å². The summed E-state index contributed by atoms with van der Waals surface area (Å²) >= 11 is 0. The van der Waals surface area contributed by atoms with Crippen LogP contribution in [0.2, 0.25) is 0 Å². The summed E-state index contributed by atoms with van der Waals surface area (Å²) in [5.41, 5.74) is 5.67. The van der Waals surface area contributed by atoms with Crippen molar-refractivity contribution in [3.63, 3.8) is 0 Å². The van der Waals surface area contributed by atoms with Crippen molar-refractivity contribution in [3.8, 4) is 0 Å². The molecule has 0 saturated heterocycles. The van der Waals surface area contributed by atoms with Gasteiger partial charge in [0.05, 0.1) is 13.7 Å². The molecule has 1 aromatic rings. The van der Waals surface area contributed by atoms with E-state index in [1.54, 1.807) is 4.68 Å².